The van der Waals surface area contributed by atoms with Crippen LogP contribution in [0.2, 0.25) is 0 Å². The Labute approximate surface area is 106 Å². The summed E-state index contributed by atoms with van der Waals surface area (Å²) >= 11 is 0. The summed E-state index contributed by atoms with van der Waals surface area (Å²) in [6.07, 6.45) is 4.36. The molecule has 3 unspecified atom stereocenters. The molecule has 0 aliphatic heterocycles. The molecule has 0 heterocycles. The molecule has 0 saturated heterocycles. The van der Waals surface area contributed by atoms with Crippen LogP contribution in [0.4, 0.5) is 0 Å². The Balaban J connectivity index is 2.26. The third kappa shape index (κ3) is 2.78. The quantitative estimate of drug-likeness (QED) is 0.878. The summed E-state index contributed by atoms with van der Waals surface area (Å²) in [5.74, 6) is 0. The van der Waals surface area contributed by atoms with Crippen LogP contribution in [0.15, 0.2) is 23.1 Å². The van der Waals surface area contributed by atoms with E-state index in [1.807, 2.05) is 19.9 Å². The van der Waals surface area contributed by atoms with Crippen LogP contribution in [0.25, 0.3) is 0 Å². The van der Waals surface area contributed by atoms with Gasteiger partial charge >= 0.3 is 0 Å². The van der Waals surface area contributed by atoms with Gasteiger partial charge in [-0.1, -0.05) is 25.0 Å². The lowest BCUT2D eigenvalue weighted by atomic mass is 9.96. The topological polar surface area (TPSA) is 43.1 Å². The first kappa shape index (κ1) is 12.8. The van der Waals surface area contributed by atoms with E-state index >= 15 is 0 Å². The van der Waals surface area contributed by atoms with Gasteiger partial charge in [-0.3, -0.25) is 4.21 Å². The van der Waals surface area contributed by atoms with Gasteiger partial charge in [-0.25, -0.2) is 0 Å². The van der Waals surface area contributed by atoms with Gasteiger partial charge in [0.05, 0.1) is 16.0 Å². The zero-order valence-electron chi connectivity index (χ0n) is 10.6. The van der Waals surface area contributed by atoms with Gasteiger partial charge in [0.2, 0.25) is 0 Å². The van der Waals surface area contributed by atoms with Crippen LogP contribution in [0, 0.1) is 13.8 Å². The van der Waals surface area contributed by atoms with E-state index in [9.17, 15) is 4.21 Å². The Hall–Kier alpha value is -0.670. The molecule has 0 spiro atoms. The third-order valence-corrected chi connectivity index (χ3v) is 5.60. The third-order valence-electron chi connectivity index (χ3n) is 3.59. The number of nitrogens with two attached hydrogens (primary N) is 1. The molecule has 0 radical (unpaired) electrons. The summed E-state index contributed by atoms with van der Waals surface area (Å²) in [5.41, 5.74) is 8.40. The van der Waals surface area contributed by atoms with E-state index in [1.54, 1.807) is 0 Å². The first-order valence-corrected chi connectivity index (χ1v) is 7.54. The standard InChI is InChI=1S/C14H21NOS/c1-10-7-8-11(2)14(9-10)17(16)13-6-4-3-5-12(13)15/h7-9,12-13H,3-6,15H2,1-2H3. The van der Waals surface area contributed by atoms with Crippen LogP contribution in [0.1, 0.15) is 36.8 Å². The molecule has 2 rings (SSSR count). The van der Waals surface area contributed by atoms with Crippen LogP contribution in [0.5, 0.6) is 0 Å². The predicted octanol–water partition coefficient (Wildman–Crippen LogP) is 2.68. The van der Waals surface area contributed by atoms with Gasteiger partial charge in [0.25, 0.3) is 0 Å². The van der Waals surface area contributed by atoms with Gasteiger partial charge in [0.1, 0.15) is 0 Å². The zero-order valence-corrected chi connectivity index (χ0v) is 11.4. The van der Waals surface area contributed by atoms with Crippen molar-refractivity contribution in [1.82, 2.24) is 0 Å². The average molecular weight is 251 g/mol. The van der Waals surface area contributed by atoms with Gasteiger partial charge in [-0.15, -0.1) is 0 Å². The summed E-state index contributed by atoms with van der Waals surface area (Å²) in [6.45, 7) is 4.07. The molecule has 3 atom stereocenters. The fourth-order valence-electron chi connectivity index (χ4n) is 2.48. The molecule has 3 heteroatoms. The Kier molecular flexibility index (Phi) is 4.00. The predicted molar refractivity (Wildman–Crippen MR) is 72.6 cm³/mol. The summed E-state index contributed by atoms with van der Waals surface area (Å²) < 4.78 is 12.6. The summed E-state index contributed by atoms with van der Waals surface area (Å²) in [6, 6.07) is 6.27. The average Bonchev–Trinajstić information content (AvgIpc) is 2.32. The normalized spacial score (nSPS) is 26.8. The van der Waals surface area contributed by atoms with E-state index in [4.69, 9.17) is 5.73 Å². The smallest absolute Gasteiger partial charge is 0.0579 e. The number of benzene rings is 1. The Morgan fingerprint density at radius 1 is 1.24 bits per heavy atom. The van der Waals surface area contributed by atoms with Crippen LogP contribution < -0.4 is 5.73 Å². The van der Waals surface area contributed by atoms with Gasteiger partial charge in [0.15, 0.2) is 0 Å². The van der Waals surface area contributed by atoms with Crippen LogP contribution in [0.3, 0.4) is 0 Å². The largest absolute Gasteiger partial charge is 0.327 e. The molecule has 1 aromatic carbocycles. The number of hydrogen-bond acceptors (Lipinski definition) is 2. The summed E-state index contributed by atoms with van der Waals surface area (Å²) in [4.78, 5) is 0.979. The molecule has 1 aromatic rings. The van der Waals surface area contributed by atoms with Crippen molar-refractivity contribution in [3.8, 4) is 0 Å². The van der Waals surface area contributed by atoms with Crippen molar-refractivity contribution in [2.45, 2.75) is 55.7 Å². The molecule has 2 N–H and O–H groups in total. The molecule has 0 bridgehead atoms. The molecular formula is C14H21NOS. The highest BCUT2D eigenvalue weighted by molar-refractivity contribution is 7.85. The Morgan fingerprint density at radius 3 is 2.65 bits per heavy atom. The van der Waals surface area contributed by atoms with Crippen LogP contribution in [-0.4, -0.2) is 15.5 Å². The molecule has 17 heavy (non-hydrogen) atoms. The molecule has 0 amide bonds. The second kappa shape index (κ2) is 5.32. The lowest BCUT2D eigenvalue weighted by Crippen LogP contribution is -2.40. The first-order valence-electron chi connectivity index (χ1n) is 6.33. The minimum absolute atomic E-state index is 0.101. The molecule has 94 valence electrons. The van der Waals surface area contributed by atoms with E-state index in [-0.39, 0.29) is 11.3 Å². The number of aryl methyl sites for hydroxylation is 2. The molecule has 0 aromatic heterocycles. The van der Waals surface area contributed by atoms with Gasteiger partial charge in [-0.2, -0.15) is 0 Å². The Morgan fingerprint density at radius 2 is 1.94 bits per heavy atom. The monoisotopic (exact) mass is 251 g/mol. The fraction of sp³-hybridized carbons (Fsp3) is 0.571. The van der Waals surface area contributed by atoms with E-state index in [1.165, 1.54) is 12.0 Å². The first-order chi connectivity index (χ1) is 8.09. The molecule has 1 aliphatic rings. The van der Waals surface area contributed by atoms with Crippen molar-refractivity contribution in [1.29, 1.82) is 0 Å². The maximum absolute atomic E-state index is 12.6. The van der Waals surface area contributed by atoms with E-state index < -0.39 is 10.8 Å². The maximum atomic E-state index is 12.6. The van der Waals surface area contributed by atoms with Crippen molar-refractivity contribution >= 4 is 10.8 Å². The minimum Gasteiger partial charge on any atom is -0.327 e. The van der Waals surface area contributed by atoms with E-state index in [0.29, 0.717) is 0 Å². The van der Waals surface area contributed by atoms with Crippen molar-refractivity contribution in [3.63, 3.8) is 0 Å². The van der Waals surface area contributed by atoms with Crippen LogP contribution in [-0.2, 0) is 10.8 Å². The summed E-state index contributed by atoms with van der Waals surface area (Å²) in [5, 5.41) is 0.143. The number of rotatable bonds is 2. The molecule has 2 nitrogen and oxygen atoms in total. The minimum atomic E-state index is -0.947. The highest BCUT2D eigenvalue weighted by Crippen LogP contribution is 2.27. The van der Waals surface area contributed by atoms with Gasteiger partial charge in [0, 0.05) is 10.9 Å². The maximum Gasteiger partial charge on any atom is 0.0579 e. The zero-order chi connectivity index (χ0) is 12.4. The lowest BCUT2D eigenvalue weighted by Gasteiger charge is -2.28. The second-order valence-corrected chi connectivity index (χ2v) is 6.69. The molecule has 1 saturated carbocycles. The molecule has 1 fully saturated rings. The summed E-state index contributed by atoms with van der Waals surface area (Å²) in [7, 11) is -0.947. The van der Waals surface area contributed by atoms with Gasteiger partial charge in [-0.05, 0) is 43.9 Å². The Bertz CT molecular complexity index is 430. The lowest BCUT2D eigenvalue weighted by molar-refractivity contribution is 0.445. The molecule has 1 aliphatic carbocycles. The second-order valence-electron chi connectivity index (χ2n) is 5.05. The number of hydrogen-bond donors (Lipinski definition) is 1. The van der Waals surface area contributed by atoms with Crippen molar-refractivity contribution in [2.75, 3.05) is 0 Å². The highest BCUT2D eigenvalue weighted by atomic mass is 32.2. The fourth-order valence-corrected chi connectivity index (χ4v) is 4.33. The van der Waals surface area contributed by atoms with E-state index in [2.05, 4.69) is 12.1 Å². The SMILES string of the molecule is Cc1ccc(C)c(S(=O)C2CCCCC2N)c1. The van der Waals surface area contributed by atoms with Crippen LogP contribution >= 0.6 is 0 Å². The van der Waals surface area contributed by atoms with E-state index in [0.717, 1.165) is 29.7 Å². The highest BCUT2D eigenvalue weighted by Gasteiger charge is 2.28. The van der Waals surface area contributed by atoms with Crippen molar-refractivity contribution in [3.05, 3.63) is 29.3 Å². The van der Waals surface area contributed by atoms with Crippen molar-refractivity contribution < 1.29 is 4.21 Å². The van der Waals surface area contributed by atoms with Crippen molar-refractivity contribution in [2.24, 2.45) is 5.73 Å². The molecular weight excluding hydrogens is 230 g/mol. The van der Waals surface area contributed by atoms with Gasteiger partial charge < -0.3 is 5.73 Å².